The average Bonchev–Trinajstić information content (AvgIpc) is 2.12. The minimum atomic E-state index is -0.751. The maximum Gasteiger partial charge on any atom is 0.410 e. The van der Waals surface area contributed by atoms with Gasteiger partial charge in [-0.25, -0.2) is 4.79 Å². The molecular weight excluding hydrogens is 196 g/mol. The lowest BCUT2D eigenvalue weighted by Crippen LogP contribution is -2.44. The van der Waals surface area contributed by atoms with E-state index in [2.05, 4.69) is 0 Å². The van der Waals surface area contributed by atoms with Crippen molar-refractivity contribution in [3.63, 3.8) is 0 Å². The smallest absolute Gasteiger partial charge is 0.410 e. The normalized spacial score (nSPS) is 12.3. The largest absolute Gasteiger partial charge is 0.450 e. The van der Waals surface area contributed by atoms with Crippen molar-refractivity contribution in [2.75, 3.05) is 13.7 Å². The van der Waals surface area contributed by atoms with Crippen molar-refractivity contribution in [2.45, 2.75) is 33.2 Å². The molecule has 0 aromatic carbocycles. The second-order valence-electron chi connectivity index (χ2n) is 3.82. The Kier molecular flexibility index (Phi) is 5.74. The topological polar surface area (TPSA) is 70.4 Å². The average molecular weight is 215 g/mol. The Balaban J connectivity index is 4.47. The maximum atomic E-state index is 11.3. The van der Waals surface area contributed by atoms with Crippen molar-refractivity contribution in [1.82, 2.24) is 10.6 Å². The molecule has 0 aliphatic heterocycles. The molecule has 0 bridgehead atoms. The SMILES string of the molecule is CCOC(=O)N(C)C(CC(C)C)C([NH])=O. The van der Waals surface area contributed by atoms with Crippen molar-refractivity contribution in [3.05, 3.63) is 0 Å². The van der Waals surface area contributed by atoms with E-state index in [1.165, 1.54) is 11.9 Å². The van der Waals surface area contributed by atoms with Crippen LogP contribution >= 0.6 is 0 Å². The molecule has 2 amide bonds. The highest BCUT2D eigenvalue weighted by Crippen LogP contribution is 2.11. The molecule has 1 N–H and O–H groups in total. The van der Waals surface area contributed by atoms with E-state index in [4.69, 9.17) is 10.5 Å². The lowest BCUT2D eigenvalue weighted by molar-refractivity contribution is -0.123. The van der Waals surface area contributed by atoms with Crippen LogP contribution in [0.1, 0.15) is 27.2 Å². The summed E-state index contributed by atoms with van der Waals surface area (Å²) in [5, 5.41) is 0. The molecule has 0 fully saturated rings. The summed E-state index contributed by atoms with van der Waals surface area (Å²) in [5.74, 6) is -0.500. The third-order valence-electron chi connectivity index (χ3n) is 2.02. The van der Waals surface area contributed by atoms with E-state index in [9.17, 15) is 9.59 Å². The molecule has 0 aliphatic carbocycles. The molecule has 5 nitrogen and oxygen atoms in total. The number of carbonyl (C=O) groups excluding carboxylic acids is 2. The molecular formula is C10H19N2O3. The van der Waals surface area contributed by atoms with Gasteiger partial charge >= 0.3 is 6.09 Å². The Morgan fingerprint density at radius 2 is 1.93 bits per heavy atom. The van der Waals surface area contributed by atoms with Gasteiger partial charge in [0.2, 0.25) is 0 Å². The van der Waals surface area contributed by atoms with Crippen molar-refractivity contribution in [1.29, 1.82) is 0 Å². The summed E-state index contributed by atoms with van der Waals surface area (Å²) in [6, 6.07) is -0.705. The van der Waals surface area contributed by atoms with E-state index in [0.717, 1.165) is 0 Å². The van der Waals surface area contributed by atoms with Crippen LogP contribution in [0.3, 0.4) is 0 Å². The van der Waals surface area contributed by atoms with Gasteiger partial charge in [-0.15, -0.1) is 0 Å². The van der Waals surface area contributed by atoms with Gasteiger partial charge in [0.05, 0.1) is 6.61 Å². The molecule has 1 unspecified atom stereocenters. The van der Waals surface area contributed by atoms with Crippen LogP contribution in [-0.4, -0.2) is 36.6 Å². The monoisotopic (exact) mass is 215 g/mol. The minimum absolute atomic E-state index is 0.251. The van der Waals surface area contributed by atoms with E-state index in [0.29, 0.717) is 6.42 Å². The number of likely N-dealkylation sites (N-methyl/N-ethyl adjacent to an activating group) is 1. The zero-order valence-corrected chi connectivity index (χ0v) is 9.74. The summed E-state index contributed by atoms with van der Waals surface area (Å²) in [4.78, 5) is 23.6. The first-order valence-corrected chi connectivity index (χ1v) is 5.05. The van der Waals surface area contributed by atoms with Crippen LogP contribution in [0.4, 0.5) is 4.79 Å². The number of hydrogen-bond acceptors (Lipinski definition) is 3. The molecule has 87 valence electrons. The number of ether oxygens (including phenoxy) is 1. The zero-order chi connectivity index (χ0) is 12.0. The molecule has 0 aliphatic rings. The number of hydrogen-bond donors (Lipinski definition) is 0. The summed E-state index contributed by atoms with van der Waals surface area (Å²) < 4.78 is 4.77. The summed E-state index contributed by atoms with van der Waals surface area (Å²) in [6.45, 7) is 5.85. The Bertz CT molecular complexity index is 229. The van der Waals surface area contributed by atoms with Crippen LogP contribution in [0.15, 0.2) is 0 Å². The highest BCUT2D eigenvalue weighted by atomic mass is 16.6. The Morgan fingerprint density at radius 1 is 1.40 bits per heavy atom. The van der Waals surface area contributed by atoms with Gasteiger partial charge in [0, 0.05) is 7.05 Å². The van der Waals surface area contributed by atoms with Gasteiger partial charge in [-0.05, 0) is 19.3 Å². The predicted molar refractivity (Wildman–Crippen MR) is 56.1 cm³/mol. The Hall–Kier alpha value is -1.26. The molecule has 15 heavy (non-hydrogen) atoms. The fourth-order valence-corrected chi connectivity index (χ4v) is 1.24. The zero-order valence-electron chi connectivity index (χ0n) is 9.74. The van der Waals surface area contributed by atoms with Crippen molar-refractivity contribution >= 4 is 12.0 Å². The van der Waals surface area contributed by atoms with Crippen molar-refractivity contribution in [3.8, 4) is 0 Å². The fourth-order valence-electron chi connectivity index (χ4n) is 1.24. The van der Waals surface area contributed by atoms with Gasteiger partial charge in [-0.1, -0.05) is 13.8 Å². The van der Waals surface area contributed by atoms with Crippen LogP contribution in [0.2, 0.25) is 0 Å². The highest BCUT2D eigenvalue weighted by molar-refractivity contribution is 5.83. The lowest BCUT2D eigenvalue weighted by atomic mass is 10.0. The van der Waals surface area contributed by atoms with E-state index in [1.807, 2.05) is 13.8 Å². The number of amides is 2. The molecule has 0 saturated heterocycles. The third-order valence-corrected chi connectivity index (χ3v) is 2.02. The molecule has 0 spiro atoms. The fraction of sp³-hybridized carbons (Fsp3) is 0.800. The van der Waals surface area contributed by atoms with E-state index < -0.39 is 18.0 Å². The summed E-state index contributed by atoms with van der Waals surface area (Å²) in [5.41, 5.74) is 7.10. The van der Waals surface area contributed by atoms with Crippen LogP contribution in [0.5, 0.6) is 0 Å². The van der Waals surface area contributed by atoms with Gasteiger partial charge in [0.25, 0.3) is 5.91 Å². The third kappa shape index (κ3) is 4.67. The van der Waals surface area contributed by atoms with Crippen LogP contribution in [0, 0.1) is 5.92 Å². The predicted octanol–water partition coefficient (Wildman–Crippen LogP) is 1.30. The number of nitrogens with zero attached hydrogens (tertiary/aromatic N) is 1. The minimum Gasteiger partial charge on any atom is -0.450 e. The van der Waals surface area contributed by atoms with Gasteiger partial charge in [-0.3, -0.25) is 15.4 Å². The van der Waals surface area contributed by atoms with Gasteiger partial charge < -0.3 is 4.74 Å². The first-order valence-electron chi connectivity index (χ1n) is 5.05. The second-order valence-corrected chi connectivity index (χ2v) is 3.82. The molecule has 1 radical (unpaired) electrons. The molecule has 0 aromatic heterocycles. The van der Waals surface area contributed by atoms with E-state index in [-0.39, 0.29) is 12.5 Å². The lowest BCUT2D eigenvalue weighted by Gasteiger charge is -2.25. The van der Waals surface area contributed by atoms with Crippen molar-refractivity contribution < 1.29 is 14.3 Å². The summed E-state index contributed by atoms with van der Waals surface area (Å²) in [6.07, 6.45) is -0.0683. The first-order chi connectivity index (χ1) is 6.90. The van der Waals surface area contributed by atoms with Crippen LogP contribution < -0.4 is 5.73 Å². The first kappa shape index (κ1) is 13.7. The molecule has 5 heteroatoms. The molecule has 0 saturated carbocycles. The standard InChI is InChI=1S/C10H19N2O3/c1-5-15-10(14)12(4)8(9(11)13)6-7(2)3/h7-8,11H,5-6H2,1-4H3. The molecule has 0 aromatic rings. The second kappa shape index (κ2) is 6.27. The van der Waals surface area contributed by atoms with Gasteiger partial charge in [0.15, 0.2) is 0 Å². The summed E-state index contributed by atoms with van der Waals surface area (Å²) in [7, 11) is 1.48. The quantitative estimate of drug-likeness (QED) is 0.694. The van der Waals surface area contributed by atoms with Crippen LogP contribution in [-0.2, 0) is 9.53 Å². The van der Waals surface area contributed by atoms with E-state index in [1.54, 1.807) is 6.92 Å². The molecule has 1 atom stereocenters. The Labute approximate surface area is 90.6 Å². The van der Waals surface area contributed by atoms with Gasteiger partial charge in [0.1, 0.15) is 6.04 Å². The van der Waals surface area contributed by atoms with Gasteiger partial charge in [-0.2, -0.15) is 0 Å². The van der Waals surface area contributed by atoms with Crippen LogP contribution in [0.25, 0.3) is 0 Å². The molecule has 0 heterocycles. The number of carbonyl (C=O) groups is 2. The molecule has 0 rings (SSSR count). The van der Waals surface area contributed by atoms with Crippen molar-refractivity contribution in [2.24, 2.45) is 5.92 Å². The van der Waals surface area contributed by atoms with E-state index >= 15 is 0 Å². The maximum absolute atomic E-state index is 11.3. The Morgan fingerprint density at radius 3 is 2.27 bits per heavy atom. The number of nitrogens with one attached hydrogen (secondary N) is 1. The highest BCUT2D eigenvalue weighted by Gasteiger charge is 2.26. The number of rotatable bonds is 5. The summed E-state index contributed by atoms with van der Waals surface area (Å²) >= 11 is 0.